The van der Waals surface area contributed by atoms with Gasteiger partial charge in [-0.25, -0.2) is 0 Å². The molecule has 0 unspecified atom stereocenters. The lowest BCUT2D eigenvalue weighted by Gasteiger charge is -2.24. The lowest BCUT2D eigenvalue weighted by molar-refractivity contribution is -0.384. The fraction of sp³-hybridized carbons (Fsp3) is 0.500. The highest BCUT2D eigenvalue weighted by Crippen LogP contribution is 2.22. The quantitative estimate of drug-likeness (QED) is 0.586. The van der Waals surface area contributed by atoms with Crippen molar-refractivity contribution in [1.29, 1.82) is 0 Å². The Morgan fingerprint density at radius 3 is 2.41 bits per heavy atom. The Balaban J connectivity index is 1.96. The van der Waals surface area contributed by atoms with Crippen molar-refractivity contribution in [3.63, 3.8) is 0 Å². The summed E-state index contributed by atoms with van der Waals surface area (Å²) < 4.78 is 10.4. The maximum Gasteiger partial charge on any atom is 0.269 e. The minimum absolute atomic E-state index is 0.138. The summed E-state index contributed by atoms with van der Waals surface area (Å²) in [6.45, 7) is 0.970. The van der Waals surface area contributed by atoms with Gasteiger partial charge in [-0.05, 0) is 24.1 Å². The third-order valence-corrected chi connectivity index (χ3v) is 3.34. The van der Waals surface area contributed by atoms with E-state index in [0.29, 0.717) is 13.2 Å². The number of nitrogens with zero attached hydrogens (tertiary/aromatic N) is 1. The Hall–Kier alpha value is -1.87. The van der Waals surface area contributed by atoms with Crippen LogP contribution in [0.3, 0.4) is 0 Å². The summed E-state index contributed by atoms with van der Waals surface area (Å²) in [5, 5.41) is 30.5. The molecule has 1 saturated heterocycles. The van der Waals surface area contributed by atoms with E-state index in [1.807, 2.05) is 0 Å². The van der Waals surface area contributed by atoms with Gasteiger partial charge in [-0.2, -0.15) is 0 Å². The number of benzene rings is 1. The number of aliphatic hydroxyl groups excluding tert-OH is 2. The zero-order valence-electron chi connectivity index (χ0n) is 11.8. The van der Waals surface area contributed by atoms with Gasteiger partial charge in [0.15, 0.2) is 12.1 Å². The molecule has 1 aliphatic rings. The van der Waals surface area contributed by atoms with Crippen molar-refractivity contribution in [3.05, 3.63) is 39.9 Å². The number of non-ortho nitro benzene ring substituents is 1. The monoisotopic (exact) mass is 311 g/mol. The standard InChI is InChI=1S/C14H17NO7/c16-11(8-12-21-6-1-7-22-12)14(18)13(17)9-2-4-10(5-3-9)15(19)20/h2-5,12-14,17-18H,1,6-8H2/t13-,14-/m1/s1. The van der Waals surface area contributed by atoms with Crippen molar-refractivity contribution in [2.24, 2.45) is 0 Å². The number of ketones is 1. The number of hydrogen-bond acceptors (Lipinski definition) is 7. The first-order valence-electron chi connectivity index (χ1n) is 6.85. The van der Waals surface area contributed by atoms with Gasteiger partial charge in [0.25, 0.3) is 5.69 Å². The second kappa shape index (κ2) is 7.41. The molecule has 1 heterocycles. The summed E-state index contributed by atoms with van der Waals surface area (Å²) in [6, 6.07) is 4.99. The van der Waals surface area contributed by atoms with Gasteiger partial charge in [0.05, 0.1) is 24.6 Å². The number of ether oxygens (including phenoxy) is 2. The Labute approximate surface area is 126 Å². The van der Waals surface area contributed by atoms with Gasteiger partial charge < -0.3 is 19.7 Å². The van der Waals surface area contributed by atoms with Crippen LogP contribution < -0.4 is 0 Å². The number of rotatable bonds is 6. The van der Waals surface area contributed by atoms with Crippen LogP contribution in [0.25, 0.3) is 0 Å². The van der Waals surface area contributed by atoms with Crippen molar-refractivity contribution < 1.29 is 29.4 Å². The summed E-state index contributed by atoms with van der Waals surface area (Å²) in [4.78, 5) is 21.9. The Morgan fingerprint density at radius 1 is 1.27 bits per heavy atom. The molecule has 8 nitrogen and oxygen atoms in total. The van der Waals surface area contributed by atoms with Crippen LogP contribution in [0.4, 0.5) is 5.69 Å². The van der Waals surface area contributed by atoms with Gasteiger partial charge in [0.2, 0.25) is 0 Å². The number of aliphatic hydroxyl groups is 2. The topological polar surface area (TPSA) is 119 Å². The molecular weight excluding hydrogens is 294 g/mol. The molecule has 1 aliphatic heterocycles. The molecule has 0 saturated carbocycles. The van der Waals surface area contributed by atoms with Gasteiger partial charge in [-0.15, -0.1) is 0 Å². The lowest BCUT2D eigenvalue weighted by Crippen LogP contribution is -2.34. The molecule has 0 aliphatic carbocycles. The summed E-state index contributed by atoms with van der Waals surface area (Å²) >= 11 is 0. The Kier molecular flexibility index (Phi) is 5.56. The number of carbonyl (C=O) groups excluding carboxylic acids is 1. The van der Waals surface area contributed by atoms with E-state index >= 15 is 0 Å². The molecule has 1 aromatic carbocycles. The van der Waals surface area contributed by atoms with E-state index in [1.165, 1.54) is 24.3 Å². The van der Waals surface area contributed by atoms with Crippen LogP contribution in [0.15, 0.2) is 24.3 Å². The van der Waals surface area contributed by atoms with Gasteiger partial charge in [0.1, 0.15) is 12.2 Å². The predicted octanol–water partition coefficient (Wildman–Crippen LogP) is 0.711. The van der Waals surface area contributed by atoms with E-state index in [1.54, 1.807) is 0 Å². The average Bonchev–Trinajstić information content (AvgIpc) is 2.54. The van der Waals surface area contributed by atoms with Crippen LogP contribution in [0, 0.1) is 10.1 Å². The molecule has 120 valence electrons. The number of carbonyl (C=O) groups is 1. The van der Waals surface area contributed by atoms with Gasteiger partial charge in [-0.1, -0.05) is 0 Å². The fourth-order valence-corrected chi connectivity index (χ4v) is 2.09. The van der Waals surface area contributed by atoms with Crippen LogP contribution in [-0.4, -0.2) is 46.5 Å². The normalized spacial score (nSPS) is 18.6. The van der Waals surface area contributed by atoms with E-state index in [4.69, 9.17) is 9.47 Å². The maximum absolute atomic E-state index is 11.9. The second-order valence-corrected chi connectivity index (χ2v) is 4.93. The number of hydrogen-bond donors (Lipinski definition) is 2. The number of nitro groups is 1. The molecular formula is C14H17NO7. The van der Waals surface area contributed by atoms with E-state index in [9.17, 15) is 25.1 Å². The second-order valence-electron chi connectivity index (χ2n) is 4.93. The summed E-state index contributed by atoms with van der Waals surface area (Å²) in [6.07, 6.45) is -3.23. The van der Waals surface area contributed by atoms with Crippen LogP contribution in [0.1, 0.15) is 24.5 Å². The van der Waals surface area contributed by atoms with Crippen LogP contribution >= 0.6 is 0 Å². The van der Waals surface area contributed by atoms with Crippen molar-refractivity contribution in [3.8, 4) is 0 Å². The molecule has 2 atom stereocenters. The molecule has 1 aromatic rings. The molecule has 0 bridgehead atoms. The fourth-order valence-electron chi connectivity index (χ4n) is 2.09. The summed E-state index contributed by atoms with van der Waals surface area (Å²) in [7, 11) is 0. The van der Waals surface area contributed by atoms with Crippen LogP contribution in [-0.2, 0) is 14.3 Å². The van der Waals surface area contributed by atoms with Crippen molar-refractivity contribution >= 4 is 11.5 Å². The molecule has 0 amide bonds. The minimum atomic E-state index is -1.64. The highest BCUT2D eigenvalue weighted by Gasteiger charge is 2.29. The summed E-state index contributed by atoms with van der Waals surface area (Å²) in [5.74, 6) is -0.613. The number of nitro benzene ring substituents is 1. The van der Waals surface area contributed by atoms with E-state index in [-0.39, 0.29) is 17.7 Å². The van der Waals surface area contributed by atoms with E-state index in [2.05, 4.69) is 0 Å². The van der Waals surface area contributed by atoms with Gasteiger partial charge in [-0.3, -0.25) is 14.9 Å². The molecule has 0 spiro atoms. The first-order valence-corrected chi connectivity index (χ1v) is 6.85. The zero-order valence-corrected chi connectivity index (χ0v) is 11.8. The molecule has 2 rings (SSSR count). The molecule has 0 aromatic heterocycles. The molecule has 1 fully saturated rings. The van der Waals surface area contributed by atoms with E-state index < -0.39 is 29.2 Å². The van der Waals surface area contributed by atoms with Crippen LogP contribution in [0.5, 0.6) is 0 Å². The third-order valence-electron chi connectivity index (χ3n) is 3.34. The van der Waals surface area contributed by atoms with Crippen molar-refractivity contribution in [1.82, 2.24) is 0 Å². The SMILES string of the molecule is O=C(CC1OCCCO1)[C@@H](O)[C@H](O)c1ccc([N+](=O)[O-])cc1. The van der Waals surface area contributed by atoms with Crippen LogP contribution in [0.2, 0.25) is 0 Å². The van der Waals surface area contributed by atoms with Crippen molar-refractivity contribution in [2.45, 2.75) is 31.3 Å². The highest BCUT2D eigenvalue weighted by molar-refractivity contribution is 5.83. The zero-order chi connectivity index (χ0) is 16.1. The Bertz CT molecular complexity index is 524. The third kappa shape index (κ3) is 4.08. The largest absolute Gasteiger partial charge is 0.385 e. The molecule has 22 heavy (non-hydrogen) atoms. The van der Waals surface area contributed by atoms with E-state index in [0.717, 1.165) is 6.42 Å². The smallest absolute Gasteiger partial charge is 0.269 e. The van der Waals surface area contributed by atoms with Gasteiger partial charge >= 0.3 is 0 Å². The van der Waals surface area contributed by atoms with Crippen molar-refractivity contribution in [2.75, 3.05) is 13.2 Å². The summed E-state index contributed by atoms with van der Waals surface area (Å²) in [5.41, 5.74) is 0.0812. The molecule has 2 N–H and O–H groups in total. The average molecular weight is 311 g/mol. The Morgan fingerprint density at radius 2 is 1.86 bits per heavy atom. The molecule has 8 heteroatoms. The van der Waals surface area contributed by atoms with Gasteiger partial charge in [0, 0.05) is 12.1 Å². The number of Topliss-reactive ketones (excluding diaryl/α,β-unsaturated/α-hetero) is 1. The first kappa shape index (κ1) is 16.5. The predicted molar refractivity (Wildman–Crippen MR) is 74.0 cm³/mol. The lowest BCUT2D eigenvalue weighted by atomic mass is 9.99. The highest BCUT2D eigenvalue weighted by atomic mass is 16.7. The molecule has 0 radical (unpaired) electrons. The first-order chi connectivity index (χ1) is 10.5. The maximum atomic E-state index is 11.9. The minimum Gasteiger partial charge on any atom is -0.385 e.